The Morgan fingerprint density at radius 2 is 2.25 bits per heavy atom. The van der Waals surface area contributed by atoms with E-state index in [9.17, 15) is 19.7 Å². The molecule has 1 aromatic rings. The predicted molar refractivity (Wildman–Crippen MR) is 69.5 cm³/mol. The molecule has 2 rings (SSSR count). The first-order chi connectivity index (χ1) is 9.49. The number of nitrogens with zero attached hydrogens (tertiary/aromatic N) is 2. The van der Waals surface area contributed by atoms with E-state index < -0.39 is 10.9 Å². The molecule has 1 N–H and O–H groups in total. The number of hydrogen-bond donors (Lipinski definition) is 1. The van der Waals surface area contributed by atoms with Crippen molar-refractivity contribution in [3.63, 3.8) is 0 Å². The molecule has 0 fully saturated rings. The van der Waals surface area contributed by atoms with E-state index in [0.29, 0.717) is 18.5 Å². The summed E-state index contributed by atoms with van der Waals surface area (Å²) in [5.74, 6) is -1.39. The van der Waals surface area contributed by atoms with Crippen molar-refractivity contribution >= 4 is 17.6 Å². The Kier molecular flexibility index (Phi) is 3.79. The molecule has 0 aromatic heterocycles. The van der Waals surface area contributed by atoms with Crippen LogP contribution >= 0.6 is 0 Å². The molecule has 1 aliphatic rings. The molecular weight excluding hydrogens is 264 g/mol. The van der Waals surface area contributed by atoms with Crippen LogP contribution in [0.2, 0.25) is 0 Å². The molecule has 0 spiro atoms. The number of rotatable bonds is 4. The van der Waals surface area contributed by atoms with Gasteiger partial charge in [-0.3, -0.25) is 14.9 Å². The van der Waals surface area contributed by atoms with Crippen LogP contribution in [0.15, 0.2) is 30.4 Å². The van der Waals surface area contributed by atoms with Crippen molar-refractivity contribution in [2.24, 2.45) is 0 Å². The smallest absolute Gasteiger partial charge is 0.328 e. The number of nitro benzene ring substituents is 1. The summed E-state index contributed by atoms with van der Waals surface area (Å²) in [7, 11) is 0. The topological polar surface area (TPSA) is 101 Å². The Labute approximate surface area is 114 Å². The van der Waals surface area contributed by atoms with Gasteiger partial charge >= 0.3 is 5.97 Å². The van der Waals surface area contributed by atoms with Crippen LogP contribution in [0.4, 0.5) is 5.69 Å². The molecule has 7 nitrogen and oxygen atoms in total. The number of aliphatic carboxylic acids is 1. The Morgan fingerprint density at radius 3 is 2.90 bits per heavy atom. The van der Waals surface area contributed by atoms with Crippen LogP contribution in [0, 0.1) is 10.1 Å². The molecule has 1 aromatic carbocycles. The summed E-state index contributed by atoms with van der Waals surface area (Å²) in [6, 6.07) is 4.24. The molecule has 0 saturated carbocycles. The van der Waals surface area contributed by atoms with Gasteiger partial charge in [-0.05, 0) is 12.0 Å². The lowest BCUT2D eigenvalue weighted by Crippen LogP contribution is -2.37. The van der Waals surface area contributed by atoms with Crippen LogP contribution in [0.25, 0.3) is 0 Å². The molecule has 7 heteroatoms. The van der Waals surface area contributed by atoms with Crippen LogP contribution in [-0.2, 0) is 11.2 Å². The first-order valence-electron chi connectivity index (χ1n) is 5.95. The highest BCUT2D eigenvalue weighted by atomic mass is 16.6. The minimum absolute atomic E-state index is 0.125. The van der Waals surface area contributed by atoms with E-state index >= 15 is 0 Å². The van der Waals surface area contributed by atoms with Crippen molar-refractivity contribution in [3.05, 3.63) is 51.6 Å². The fourth-order valence-corrected chi connectivity index (χ4v) is 2.08. The lowest BCUT2D eigenvalue weighted by molar-refractivity contribution is -0.384. The minimum Gasteiger partial charge on any atom is -0.478 e. The minimum atomic E-state index is -1.08. The van der Waals surface area contributed by atoms with Crippen molar-refractivity contribution in [2.45, 2.75) is 6.42 Å². The third-order valence-electron chi connectivity index (χ3n) is 3.06. The van der Waals surface area contributed by atoms with Crippen molar-refractivity contribution in [1.29, 1.82) is 0 Å². The lowest BCUT2D eigenvalue weighted by Gasteiger charge is -2.27. The Balaban J connectivity index is 2.21. The number of hydrogen-bond acceptors (Lipinski definition) is 4. The van der Waals surface area contributed by atoms with Crippen LogP contribution < -0.4 is 0 Å². The standard InChI is InChI=1S/C13H12N2O5/c16-12(17)2-1-6-14-7-5-9-3-4-10(15(19)20)8-11(9)13(14)18/h1-4,8H,5-7H2,(H,16,17)/b2-1+. The van der Waals surface area contributed by atoms with E-state index in [-0.39, 0.29) is 18.1 Å². The number of carboxylic acids is 1. The molecule has 1 heterocycles. The van der Waals surface area contributed by atoms with E-state index in [1.807, 2.05) is 0 Å². The number of carboxylic acid groups (broad SMARTS) is 1. The summed E-state index contributed by atoms with van der Waals surface area (Å²) in [4.78, 5) is 34.2. The Morgan fingerprint density at radius 1 is 1.50 bits per heavy atom. The molecule has 0 radical (unpaired) electrons. The van der Waals surface area contributed by atoms with Gasteiger partial charge in [0.05, 0.1) is 4.92 Å². The molecule has 0 saturated heterocycles. The summed E-state index contributed by atoms with van der Waals surface area (Å²) < 4.78 is 0. The molecule has 0 bridgehead atoms. The second-order valence-electron chi connectivity index (χ2n) is 4.34. The largest absolute Gasteiger partial charge is 0.478 e. The van der Waals surface area contributed by atoms with Gasteiger partial charge in [0, 0.05) is 36.9 Å². The number of nitro groups is 1. The Bertz CT molecular complexity index is 609. The maximum Gasteiger partial charge on any atom is 0.328 e. The zero-order valence-corrected chi connectivity index (χ0v) is 10.5. The molecule has 104 valence electrons. The second-order valence-corrected chi connectivity index (χ2v) is 4.34. The number of non-ortho nitro benzene ring substituents is 1. The average molecular weight is 276 g/mol. The van der Waals surface area contributed by atoms with Crippen LogP contribution in [0.1, 0.15) is 15.9 Å². The first-order valence-corrected chi connectivity index (χ1v) is 5.95. The van der Waals surface area contributed by atoms with Crippen LogP contribution in [0.5, 0.6) is 0 Å². The molecule has 20 heavy (non-hydrogen) atoms. The molecule has 1 aliphatic heterocycles. The monoisotopic (exact) mass is 276 g/mol. The number of benzene rings is 1. The normalized spacial score (nSPS) is 14.4. The van der Waals surface area contributed by atoms with Crippen molar-refractivity contribution < 1.29 is 19.6 Å². The van der Waals surface area contributed by atoms with Crippen molar-refractivity contribution in [3.8, 4) is 0 Å². The van der Waals surface area contributed by atoms with Gasteiger partial charge < -0.3 is 10.0 Å². The van der Waals surface area contributed by atoms with Gasteiger partial charge in [-0.2, -0.15) is 0 Å². The van der Waals surface area contributed by atoms with E-state index in [1.165, 1.54) is 23.1 Å². The SMILES string of the molecule is O=C(O)/C=C/CN1CCc2ccc([N+](=O)[O-])cc2C1=O. The number of amides is 1. The van der Waals surface area contributed by atoms with Gasteiger partial charge in [-0.15, -0.1) is 0 Å². The zero-order chi connectivity index (χ0) is 14.7. The summed E-state index contributed by atoms with van der Waals surface area (Å²) >= 11 is 0. The summed E-state index contributed by atoms with van der Waals surface area (Å²) in [6.45, 7) is 0.640. The van der Waals surface area contributed by atoms with Crippen LogP contribution in [-0.4, -0.2) is 39.9 Å². The molecule has 0 aliphatic carbocycles. The molecule has 0 atom stereocenters. The maximum absolute atomic E-state index is 12.2. The van der Waals surface area contributed by atoms with E-state index in [1.54, 1.807) is 6.07 Å². The fraction of sp³-hybridized carbons (Fsp3) is 0.231. The first kappa shape index (κ1) is 13.7. The van der Waals surface area contributed by atoms with Crippen molar-refractivity contribution in [1.82, 2.24) is 4.90 Å². The van der Waals surface area contributed by atoms with Gasteiger partial charge in [-0.25, -0.2) is 4.79 Å². The fourth-order valence-electron chi connectivity index (χ4n) is 2.08. The predicted octanol–water partition coefficient (Wildman–Crippen LogP) is 1.23. The van der Waals surface area contributed by atoms with E-state index in [2.05, 4.69) is 0 Å². The zero-order valence-electron chi connectivity index (χ0n) is 10.5. The maximum atomic E-state index is 12.2. The highest BCUT2D eigenvalue weighted by Gasteiger charge is 2.25. The molecular formula is C13H12N2O5. The molecule has 1 amide bonds. The van der Waals surface area contributed by atoms with E-state index in [4.69, 9.17) is 5.11 Å². The van der Waals surface area contributed by atoms with Gasteiger partial charge in [-0.1, -0.05) is 12.1 Å². The van der Waals surface area contributed by atoms with Gasteiger partial charge in [0.1, 0.15) is 0 Å². The summed E-state index contributed by atoms with van der Waals surface area (Å²) in [5, 5.41) is 19.2. The lowest BCUT2D eigenvalue weighted by atomic mass is 9.98. The number of carbonyl (C=O) groups excluding carboxylic acids is 1. The third-order valence-corrected chi connectivity index (χ3v) is 3.06. The summed E-state index contributed by atoms with van der Waals surface area (Å²) in [5.41, 5.74) is 0.966. The number of carbonyl (C=O) groups is 2. The summed E-state index contributed by atoms with van der Waals surface area (Å²) in [6.07, 6.45) is 2.94. The highest BCUT2D eigenvalue weighted by Crippen LogP contribution is 2.23. The van der Waals surface area contributed by atoms with Crippen LogP contribution in [0.3, 0.4) is 0 Å². The quantitative estimate of drug-likeness (QED) is 0.506. The average Bonchev–Trinajstić information content (AvgIpc) is 2.40. The number of fused-ring (bicyclic) bond motifs is 1. The third kappa shape index (κ3) is 2.82. The van der Waals surface area contributed by atoms with Gasteiger partial charge in [0.2, 0.25) is 0 Å². The Hall–Kier alpha value is -2.70. The van der Waals surface area contributed by atoms with Crippen molar-refractivity contribution in [2.75, 3.05) is 13.1 Å². The molecule has 0 unspecified atom stereocenters. The van der Waals surface area contributed by atoms with Gasteiger partial charge in [0.15, 0.2) is 0 Å². The van der Waals surface area contributed by atoms with E-state index in [0.717, 1.165) is 11.6 Å². The van der Waals surface area contributed by atoms with Gasteiger partial charge in [0.25, 0.3) is 11.6 Å². The highest BCUT2D eigenvalue weighted by molar-refractivity contribution is 5.97. The second kappa shape index (κ2) is 5.52.